The number of hydrogen-bond donors (Lipinski definition) is 1. The number of nitrogens with one attached hydrogen (secondary N) is 1. The van der Waals surface area contributed by atoms with Gasteiger partial charge < -0.3 is 23.4 Å². The summed E-state index contributed by atoms with van der Waals surface area (Å²) in [5.41, 5.74) is 0. The molecule has 0 aromatic rings. The predicted molar refractivity (Wildman–Crippen MR) is 106 cm³/mol. The molecule has 14 heteroatoms. The molecule has 1 unspecified atom stereocenters. The summed E-state index contributed by atoms with van der Waals surface area (Å²) >= 11 is 0. The van der Waals surface area contributed by atoms with Gasteiger partial charge in [0.05, 0.1) is 47.4 Å². The highest BCUT2D eigenvalue weighted by molar-refractivity contribution is 7.81. The fraction of sp³-hybridized carbons (Fsp3) is 0.938. The van der Waals surface area contributed by atoms with Gasteiger partial charge in [-0.2, -0.15) is 0 Å². The Bertz CT molecular complexity index is 739. The third-order valence-corrected chi connectivity index (χ3v) is 5.63. The van der Waals surface area contributed by atoms with E-state index in [4.69, 9.17) is 0 Å². The van der Waals surface area contributed by atoms with E-state index in [1.807, 2.05) is 21.1 Å². The molecule has 0 aromatic heterocycles. The molecular formula is C16H35N3O9S2. The van der Waals surface area contributed by atoms with Gasteiger partial charge >= 0.3 is 0 Å². The summed E-state index contributed by atoms with van der Waals surface area (Å²) in [6, 6.07) is 0. The van der Waals surface area contributed by atoms with E-state index in [-0.39, 0.29) is 25.0 Å². The minimum Gasteiger partial charge on any atom is -0.726 e. The van der Waals surface area contributed by atoms with Crippen molar-refractivity contribution in [3.05, 3.63) is 0 Å². The van der Waals surface area contributed by atoms with Crippen LogP contribution in [0.15, 0.2) is 0 Å². The molecule has 12 nitrogen and oxygen atoms in total. The van der Waals surface area contributed by atoms with Gasteiger partial charge in [0.2, 0.25) is 26.7 Å². The molecule has 0 aliphatic rings. The van der Waals surface area contributed by atoms with Crippen LogP contribution in [0.2, 0.25) is 0 Å². The topological polar surface area (TPSA) is 162 Å². The molecular weight excluding hydrogens is 442 g/mol. The van der Waals surface area contributed by atoms with Crippen LogP contribution in [0.3, 0.4) is 0 Å². The monoisotopic (exact) mass is 477 g/mol. The Kier molecular flexibility index (Phi) is 11.9. The molecule has 1 atom stereocenters. The summed E-state index contributed by atoms with van der Waals surface area (Å²) in [5.74, 6) is -0.221. The molecule has 0 rings (SSSR count). The summed E-state index contributed by atoms with van der Waals surface area (Å²) in [6.45, 7) is 6.08. The summed E-state index contributed by atoms with van der Waals surface area (Å²) in [7, 11) is -3.82. The van der Waals surface area contributed by atoms with Gasteiger partial charge in [-0.15, -0.1) is 0 Å². The molecule has 0 bridgehead atoms. The number of carbonyl (C=O) groups excluding carboxylic acids is 1. The van der Waals surface area contributed by atoms with Crippen molar-refractivity contribution in [2.24, 2.45) is 5.92 Å². The maximum absolute atomic E-state index is 11.8. The average molecular weight is 478 g/mol. The van der Waals surface area contributed by atoms with Crippen molar-refractivity contribution < 1.29 is 48.1 Å². The number of likely N-dealkylation sites (N-methyl/N-ethyl adjacent to an activating group) is 2. The lowest BCUT2D eigenvalue weighted by atomic mass is 10.2. The molecule has 1 N–H and O–H groups in total. The van der Waals surface area contributed by atoms with Crippen LogP contribution in [0, 0.1) is 5.92 Å². The van der Waals surface area contributed by atoms with Crippen LogP contribution >= 0.6 is 0 Å². The number of nitrogens with zero attached hydrogens (tertiary/aromatic N) is 2. The number of amides is 1. The molecule has 0 radical (unpaired) electrons. The van der Waals surface area contributed by atoms with Crippen LogP contribution < -0.4 is 5.32 Å². The zero-order chi connectivity index (χ0) is 23.6. The normalized spacial score (nSPS) is 15.2. The third kappa shape index (κ3) is 15.9. The largest absolute Gasteiger partial charge is 0.726 e. The second kappa shape index (κ2) is 12.2. The van der Waals surface area contributed by atoms with Gasteiger partial charge in [-0.1, -0.05) is 13.8 Å². The zero-order valence-corrected chi connectivity index (χ0v) is 20.0. The lowest BCUT2D eigenvalue weighted by Gasteiger charge is -2.38. The smallest absolute Gasteiger partial charge is 0.222 e. The highest BCUT2D eigenvalue weighted by Crippen LogP contribution is 2.08. The van der Waals surface area contributed by atoms with Crippen LogP contribution in [0.4, 0.5) is 0 Å². The molecule has 30 heavy (non-hydrogen) atoms. The summed E-state index contributed by atoms with van der Waals surface area (Å²) < 4.78 is 72.8. The number of rotatable bonds is 16. The summed E-state index contributed by atoms with van der Waals surface area (Å²) in [4.78, 5) is 11.8. The SMILES string of the molecule is CC(C)C(=O)NCC[N+](C)(CCCOS(=O)(=O)[O-])CC[N+](C)(C)CCOS(=O)(=O)[O-]. The van der Waals surface area contributed by atoms with E-state index in [1.54, 1.807) is 13.8 Å². The fourth-order valence-corrected chi connectivity index (χ4v) is 3.21. The van der Waals surface area contributed by atoms with Crippen molar-refractivity contribution in [1.29, 1.82) is 0 Å². The average Bonchev–Trinajstić information content (AvgIpc) is 2.55. The molecule has 0 spiro atoms. The zero-order valence-electron chi connectivity index (χ0n) is 18.3. The maximum atomic E-state index is 11.8. The summed E-state index contributed by atoms with van der Waals surface area (Å²) in [6.07, 6.45) is 0.320. The van der Waals surface area contributed by atoms with Crippen molar-refractivity contribution in [2.45, 2.75) is 20.3 Å². The first kappa shape index (κ1) is 29.1. The van der Waals surface area contributed by atoms with E-state index < -0.39 is 20.8 Å². The lowest BCUT2D eigenvalue weighted by Crippen LogP contribution is -2.56. The van der Waals surface area contributed by atoms with E-state index in [0.29, 0.717) is 54.7 Å². The molecule has 0 saturated carbocycles. The van der Waals surface area contributed by atoms with Gasteiger partial charge in [0, 0.05) is 12.3 Å². The molecule has 180 valence electrons. The van der Waals surface area contributed by atoms with E-state index in [2.05, 4.69) is 13.7 Å². The van der Waals surface area contributed by atoms with Crippen LogP contribution in [0.25, 0.3) is 0 Å². The van der Waals surface area contributed by atoms with Gasteiger partial charge in [-0.05, 0) is 0 Å². The first-order valence-corrected chi connectivity index (χ1v) is 12.3. The van der Waals surface area contributed by atoms with Gasteiger partial charge in [-0.3, -0.25) is 13.2 Å². The van der Waals surface area contributed by atoms with Gasteiger partial charge in [0.1, 0.15) is 26.2 Å². The van der Waals surface area contributed by atoms with Crippen molar-refractivity contribution in [1.82, 2.24) is 5.32 Å². The molecule has 0 heterocycles. The van der Waals surface area contributed by atoms with Crippen LogP contribution in [-0.4, -0.2) is 114 Å². The fourth-order valence-electron chi connectivity index (χ4n) is 2.61. The molecule has 0 aromatic carbocycles. The first-order valence-electron chi connectivity index (χ1n) is 9.58. The number of hydrogen-bond acceptors (Lipinski definition) is 9. The van der Waals surface area contributed by atoms with Crippen molar-refractivity contribution >= 4 is 26.7 Å². The first-order chi connectivity index (χ1) is 13.4. The minimum atomic E-state index is -4.74. The van der Waals surface area contributed by atoms with E-state index >= 15 is 0 Å². The van der Waals surface area contributed by atoms with Crippen LogP contribution in [0.1, 0.15) is 20.3 Å². The molecule has 0 aliphatic heterocycles. The Hall–Kier alpha value is -0.870. The maximum Gasteiger partial charge on any atom is 0.222 e. The highest BCUT2D eigenvalue weighted by Gasteiger charge is 2.27. The second-order valence-electron chi connectivity index (χ2n) is 8.43. The molecule has 1 amide bonds. The Balaban J connectivity index is 4.84. The number of carbonyl (C=O) groups is 1. The van der Waals surface area contributed by atoms with Gasteiger partial charge in [0.25, 0.3) is 0 Å². The van der Waals surface area contributed by atoms with Crippen LogP contribution in [-0.2, 0) is 34.0 Å². The Morgan fingerprint density at radius 3 is 1.90 bits per heavy atom. The van der Waals surface area contributed by atoms with Crippen LogP contribution in [0.5, 0.6) is 0 Å². The Morgan fingerprint density at radius 1 is 0.867 bits per heavy atom. The molecule has 0 fully saturated rings. The third-order valence-electron chi connectivity index (χ3n) is 4.71. The van der Waals surface area contributed by atoms with Crippen molar-refractivity contribution in [3.8, 4) is 0 Å². The van der Waals surface area contributed by atoms with Gasteiger partial charge in [-0.25, -0.2) is 16.8 Å². The van der Waals surface area contributed by atoms with Crippen molar-refractivity contribution in [2.75, 3.05) is 73.6 Å². The summed E-state index contributed by atoms with van der Waals surface area (Å²) in [5, 5.41) is 2.84. The Labute approximate surface area is 180 Å². The standard InChI is InChI=1S/C16H35N3O9S2/c1-15(2)16(20)17-7-9-19(5,8-6-13-27-29(21,22)23)11-10-18(3,4)12-14-28-30(24,25)26/h15H,6-14H2,1-5H3,(H-2,17,20,21,22,23,24,25,26). The quantitative estimate of drug-likeness (QED) is 0.122. The number of quaternary nitrogens is 2. The van der Waals surface area contributed by atoms with Gasteiger partial charge in [0.15, 0.2) is 0 Å². The van der Waals surface area contributed by atoms with E-state index in [0.717, 1.165) is 0 Å². The van der Waals surface area contributed by atoms with E-state index in [9.17, 15) is 30.7 Å². The van der Waals surface area contributed by atoms with Crippen molar-refractivity contribution in [3.63, 3.8) is 0 Å². The molecule has 0 saturated heterocycles. The van der Waals surface area contributed by atoms with E-state index in [1.165, 1.54) is 0 Å². The molecule has 0 aliphatic carbocycles. The lowest BCUT2D eigenvalue weighted by molar-refractivity contribution is -0.955. The predicted octanol–water partition coefficient (Wildman–Crippen LogP) is -1.37. The minimum absolute atomic E-state index is 0.0746. The highest BCUT2D eigenvalue weighted by atomic mass is 32.3. The Morgan fingerprint density at radius 2 is 1.40 bits per heavy atom. The second-order valence-corrected chi connectivity index (χ2v) is 10.5.